The van der Waals surface area contributed by atoms with Gasteiger partial charge in [0.25, 0.3) is 5.91 Å². The third-order valence-electron chi connectivity index (χ3n) is 1.53. The summed E-state index contributed by atoms with van der Waals surface area (Å²) in [5.41, 5.74) is 0. The number of carbonyl (C=O) groups excluding carboxylic acids is 2. The number of imide groups is 1. The van der Waals surface area contributed by atoms with Gasteiger partial charge in [-0.2, -0.15) is 0 Å². The van der Waals surface area contributed by atoms with Crippen molar-refractivity contribution in [2.24, 2.45) is 0 Å². The third kappa shape index (κ3) is 2.13. The molecule has 2 unspecified atom stereocenters. The van der Waals surface area contributed by atoms with Gasteiger partial charge in [-0.05, 0) is 13.8 Å². The normalized spacial score (nSPS) is 32.8. The first kappa shape index (κ1) is 11.2. The van der Waals surface area contributed by atoms with Gasteiger partial charge in [0, 0.05) is 0 Å². The van der Waals surface area contributed by atoms with E-state index in [2.05, 4.69) is 5.32 Å². The maximum absolute atomic E-state index is 13.5. The van der Waals surface area contributed by atoms with E-state index in [1.165, 1.54) is 0 Å². The Morgan fingerprint density at radius 3 is 2.64 bits per heavy atom. The molecule has 0 aromatic heterocycles. The fraction of sp³-hybridized carbons (Fsp3) is 0.714. The zero-order chi connectivity index (χ0) is 10.9. The molecule has 3 amide bonds. The third-order valence-corrected chi connectivity index (χ3v) is 1.90. The molecule has 1 aliphatic heterocycles. The van der Waals surface area contributed by atoms with Crippen LogP contribution >= 0.6 is 11.6 Å². The Kier molecular flexibility index (Phi) is 2.96. The molecule has 0 aromatic carbocycles. The summed E-state index contributed by atoms with van der Waals surface area (Å²) in [6.07, 6.45) is -1.83. The second-order valence-electron chi connectivity index (χ2n) is 3.12. The summed E-state index contributed by atoms with van der Waals surface area (Å²) in [7, 11) is 0. The summed E-state index contributed by atoms with van der Waals surface area (Å²) >= 11 is 5.28. The largest absolute Gasteiger partial charge is 0.350 e. The number of halogens is 2. The maximum atomic E-state index is 13.5. The second kappa shape index (κ2) is 3.70. The molecule has 2 atom stereocenters. The van der Waals surface area contributed by atoms with Gasteiger partial charge in [0.15, 0.2) is 6.23 Å². The zero-order valence-corrected chi connectivity index (χ0v) is 8.39. The van der Waals surface area contributed by atoms with Crippen molar-refractivity contribution in [1.29, 1.82) is 0 Å². The monoisotopic (exact) mass is 224 g/mol. The van der Waals surface area contributed by atoms with Crippen molar-refractivity contribution in [3.05, 3.63) is 0 Å². The van der Waals surface area contributed by atoms with Crippen LogP contribution in [-0.2, 0) is 9.53 Å². The van der Waals surface area contributed by atoms with E-state index in [0.717, 1.165) is 0 Å². The van der Waals surface area contributed by atoms with Crippen LogP contribution in [-0.4, -0.2) is 29.4 Å². The molecule has 7 heteroatoms. The van der Waals surface area contributed by atoms with Crippen LogP contribution in [0.4, 0.5) is 9.18 Å². The van der Waals surface area contributed by atoms with Gasteiger partial charge in [-0.25, -0.2) is 9.18 Å². The highest BCUT2D eigenvalue weighted by molar-refractivity contribution is 6.35. The fourth-order valence-corrected chi connectivity index (χ4v) is 1.10. The Bertz CT molecular complexity index is 270. The summed E-state index contributed by atoms with van der Waals surface area (Å²) < 4.78 is 18.4. The minimum absolute atomic E-state index is 0.361. The van der Waals surface area contributed by atoms with Crippen LogP contribution in [0.5, 0.6) is 0 Å². The Hall–Kier alpha value is -0.880. The average Bonchev–Trinajstić information content (AvgIpc) is 1.99. The molecule has 1 aliphatic rings. The number of nitrogens with one attached hydrogen (secondary N) is 2. The summed E-state index contributed by atoms with van der Waals surface area (Å²) in [4.78, 5) is 21.8. The van der Waals surface area contributed by atoms with E-state index in [-0.39, 0.29) is 6.10 Å². The number of carbonyl (C=O) groups is 2. The van der Waals surface area contributed by atoms with Crippen molar-refractivity contribution in [2.75, 3.05) is 0 Å². The van der Waals surface area contributed by atoms with Gasteiger partial charge < -0.3 is 10.1 Å². The molecule has 1 fully saturated rings. The van der Waals surface area contributed by atoms with Crippen molar-refractivity contribution < 1.29 is 18.7 Å². The maximum Gasteiger partial charge on any atom is 0.323 e. The van der Waals surface area contributed by atoms with E-state index in [4.69, 9.17) is 16.3 Å². The molecule has 2 N–H and O–H groups in total. The SMILES string of the molecule is CC(C)OC1NC(=O)NC(=O)C1(F)Cl. The van der Waals surface area contributed by atoms with Crippen LogP contribution in [0, 0.1) is 0 Å². The highest BCUT2D eigenvalue weighted by Gasteiger charge is 2.51. The predicted molar refractivity (Wildman–Crippen MR) is 46.4 cm³/mol. The van der Waals surface area contributed by atoms with Gasteiger partial charge in [0.05, 0.1) is 6.10 Å². The van der Waals surface area contributed by atoms with Crippen molar-refractivity contribution >= 4 is 23.5 Å². The molecular weight excluding hydrogens is 215 g/mol. The van der Waals surface area contributed by atoms with Crippen LogP contribution in [0.1, 0.15) is 13.8 Å². The van der Waals surface area contributed by atoms with Gasteiger partial charge in [-0.15, -0.1) is 0 Å². The van der Waals surface area contributed by atoms with Crippen LogP contribution < -0.4 is 10.6 Å². The molecule has 14 heavy (non-hydrogen) atoms. The number of alkyl halides is 2. The number of hydrogen-bond donors (Lipinski definition) is 2. The Morgan fingerprint density at radius 1 is 1.57 bits per heavy atom. The van der Waals surface area contributed by atoms with E-state index < -0.39 is 23.3 Å². The molecule has 5 nitrogen and oxygen atoms in total. The lowest BCUT2D eigenvalue weighted by atomic mass is 10.2. The van der Waals surface area contributed by atoms with Gasteiger partial charge >= 0.3 is 11.2 Å². The zero-order valence-electron chi connectivity index (χ0n) is 7.64. The van der Waals surface area contributed by atoms with Crippen LogP contribution in [0.15, 0.2) is 0 Å². The van der Waals surface area contributed by atoms with E-state index in [0.29, 0.717) is 0 Å². The number of hydrogen-bond acceptors (Lipinski definition) is 3. The smallest absolute Gasteiger partial charge is 0.323 e. The molecule has 0 aliphatic carbocycles. The van der Waals surface area contributed by atoms with E-state index in [1.807, 2.05) is 0 Å². The molecule has 0 radical (unpaired) electrons. The summed E-state index contributed by atoms with van der Waals surface area (Å²) in [6.45, 7) is 3.26. The molecule has 0 saturated carbocycles. The lowest BCUT2D eigenvalue weighted by molar-refractivity contribution is -0.142. The number of ether oxygens (including phenoxy) is 1. The summed E-state index contributed by atoms with van der Waals surface area (Å²) in [5.74, 6) is -1.21. The molecule has 0 aromatic rings. The lowest BCUT2D eigenvalue weighted by Gasteiger charge is -2.32. The summed E-state index contributed by atoms with van der Waals surface area (Å²) in [6, 6.07) is -0.824. The van der Waals surface area contributed by atoms with Gasteiger partial charge in [0.2, 0.25) is 0 Å². The van der Waals surface area contributed by atoms with Crippen molar-refractivity contribution in [3.63, 3.8) is 0 Å². The van der Waals surface area contributed by atoms with Crippen LogP contribution in [0.3, 0.4) is 0 Å². The highest BCUT2D eigenvalue weighted by Crippen LogP contribution is 2.26. The fourth-order valence-electron chi connectivity index (χ4n) is 0.943. The number of rotatable bonds is 2. The van der Waals surface area contributed by atoms with Crippen LogP contribution in [0.25, 0.3) is 0 Å². The standard InChI is InChI=1S/C7H10ClFN2O3/c1-3(2)14-5-7(8,9)4(12)10-6(13)11-5/h3,5H,1-2H3,(H2,10,11,12,13). The van der Waals surface area contributed by atoms with Crippen LogP contribution in [0.2, 0.25) is 0 Å². The van der Waals surface area contributed by atoms with Crippen molar-refractivity contribution in [1.82, 2.24) is 10.6 Å². The predicted octanol–water partition coefficient (Wildman–Crippen LogP) is 0.481. The van der Waals surface area contributed by atoms with E-state index >= 15 is 0 Å². The molecule has 0 bridgehead atoms. The Labute approximate surface area is 84.9 Å². The highest BCUT2D eigenvalue weighted by atomic mass is 35.5. The first-order chi connectivity index (χ1) is 6.34. The second-order valence-corrected chi connectivity index (χ2v) is 3.67. The quantitative estimate of drug-likeness (QED) is 0.671. The van der Waals surface area contributed by atoms with Crippen molar-refractivity contribution in [3.8, 4) is 0 Å². The minimum Gasteiger partial charge on any atom is -0.350 e. The topological polar surface area (TPSA) is 67.4 Å². The molecule has 0 spiro atoms. The van der Waals surface area contributed by atoms with Gasteiger partial charge in [0.1, 0.15) is 0 Å². The van der Waals surface area contributed by atoms with E-state index in [1.54, 1.807) is 19.2 Å². The molecule has 1 saturated heterocycles. The van der Waals surface area contributed by atoms with Gasteiger partial charge in [-0.1, -0.05) is 11.6 Å². The number of urea groups is 1. The van der Waals surface area contributed by atoms with Gasteiger partial charge in [-0.3, -0.25) is 10.1 Å². The average molecular weight is 225 g/mol. The number of amides is 3. The summed E-state index contributed by atoms with van der Waals surface area (Å²) in [5, 5.41) is 0.999. The molecular formula is C7H10ClFN2O3. The first-order valence-electron chi connectivity index (χ1n) is 3.99. The molecule has 1 heterocycles. The minimum atomic E-state index is -2.77. The Morgan fingerprint density at radius 2 is 2.14 bits per heavy atom. The molecule has 1 rings (SSSR count). The lowest BCUT2D eigenvalue weighted by Crippen LogP contribution is -2.65. The Balaban J connectivity index is 2.79. The van der Waals surface area contributed by atoms with Crippen molar-refractivity contribution in [2.45, 2.75) is 31.3 Å². The molecule has 80 valence electrons. The first-order valence-corrected chi connectivity index (χ1v) is 4.37. The van der Waals surface area contributed by atoms with E-state index in [9.17, 15) is 14.0 Å².